The third-order valence-corrected chi connectivity index (χ3v) is 9.98. The van der Waals surface area contributed by atoms with Crippen LogP contribution in [0.1, 0.15) is 45.8 Å². The normalized spacial score (nSPS) is 44.8. The molecule has 3 fully saturated rings. The first-order chi connectivity index (χ1) is 17.3. The largest absolute Gasteiger partial charge is 0.468 e. The standard InChI is InChI=1S/C28H35F2NO6/c1-16-10-19-20-12-22(29)21-11-17(33)7-8-25(21,2)27(20,30)23(34)13-26(19,3)28(16,24(35)15-32)37-31(4)14-18-6-5-9-36-18/h5-9,11,16,19-20,22-23,32,34H,10,12-15H2,1-4H3/t16-,19?,20+,22+,23+,25+,26+,27+,28+/m1/s1. The van der Waals surface area contributed by atoms with Crippen LogP contribution in [0.2, 0.25) is 0 Å². The summed E-state index contributed by atoms with van der Waals surface area (Å²) >= 11 is 0. The van der Waals surface area contributed by atoms with Crippen LogP contribution in [0, 0.1) is 28.6 Å². The minimum Gasteiger partial charge on any atom is -0.468 e. The molecule has 2 N–H and O–H groups in total. The van der Waals surface area contributed by atoms with Crippen molar-refractivity contribution in [2.24, 2.45) is 28.6 Å². The third-order valence-electron chi connectivity index (χ3n) is 9.98. The Kier molecular flexibility index (Phi) is 6.18. The van der Waals surface area contributed by atoms with Crippen LogP contribution in [-0.4, -0.2) is 64.0 Å². The van der Waals surface area contributed by atoms with Gasteiger partial charge in [-0.05, 0) is 67.9 Å². The van der Waals surface area contributed by atoms with Gasteiger partial charge in [0.1, 0.15) is 18.5 Å². The molecule has 0 aliphatic heterocycles. The number of nitrogens with zero attached hydrogens (tertiary/aromatic N) is 1. The van der Waals surface area contributed by atoms with E-state index in [4.69, 9.17) is 9.25 Å². The number of halogens is 2. The van der Waals surface area contributed by atoms with Crippen LogP contribution in [0.4, 0.5) is 8.78 Å². The maximum atomic E-state index is 17.4. The van der Waals surface area contributed by atoms with Gasteiger partial charge in [-0.25, -0.2) is 8.78 Å². The molecular formula is C28H35F2NO6. The highest BCUT2D eigenvalue weighted by molar-refractivity contribution is 6.01. The van der Waals surface area contributed by atoms with E-state index in [9.17, 15) is 19.8 Å². The molecule has 4 aliphatic carbocycles. The van der Waals surface area contributed by atoms with Gasteiger partial charge < -0.3 is 14.6 Å². The van der Waals surface area contributed by atoms with Crippen molar-refractivity contribution in [2.75, 3.05) is 13.7 Å². The van der Waals surface area contributed by atoms with Gasteiger partial charge in [0.05, 0.1) is 18.9 Å². The van der Waals surface area contributed by atoms with E-state index in [1.807, 2.05) is 6.92 Å². The summed E-state index contributed by atoms with van der Waals surface area (Å²) in [5.74, 6) is -2.27. The fraction of sp³-hybridized carbons (Fsp3) is 0.643. The number of furan rings is 1. The molecule has 3 saturated carbocycles. The first-order valence-corrected chi connectivity index (χ1v) is 12.9. The molecule has 37 heavy (non-hydrogen) atoms. The zero-order valence-corrected chi connectivity index (χ0v) is 21.6. The van der Waals surface area contributed by atoms with Gasteiger partial charge in [-0.1, -0.05) is 19.9 Å². The number of Topliss-reactive ketones (excluding diaryl/α,β-unsaturated/α-hetero) is 1. The van der Waals surface area contributed by atoms with E-state index in [0.717, 1.165) is 6.08 Å². The quantitative estimate of drug-likeness (QED) is 0.555. The summed E-state index contributed by atoms with van der Waals surface area (Å²) in [6.45, 7) is 4.59. The fourth-order valence-electron chi connectivity index (χ4n) is 8.38. The molecule has 9 atom stereocenters. The first-order valence-electron chi connectivity index (χ1n) is 12.9. The number of aliphatic hydroxyl groups excluding tert-OH is 2. The van der Waals surface area contributed by atoms with E-state index in [1.165, 1.54) is 23.5 Å². The lowest BCUT2D eigenvalue weighted by Crippen LogP contribution is -2.71. The van der Waals surface area contributed by atoms with Gasteiger partial charge in [-0.15, -0.1) is 0 Å². The van der Waals surface area contributed by atoms with Crippen LogP contribution in [-0.2, 0) is 21.0 Å². The fourth-order valence-corrected chi connectivity index (χ4v) is 8.38. The number of carbonyl (C=O) groups is 2. The van der Waals surface area contributed by atoms with Crippen molar-refractivity contribution in [1.82, 2.24) is 5.06 Å². The van der Waals surface area contributed by atoms with Crippen molar-refractivity contribution in [3.05, 3.63) is 48.0 Å². The van der Waals surface area contributed by atoms with Crippen LogP contribution in [0.5, 0.6) is 0 Å². The number of ketones is 2. The Bertz CT molecular complexity index is 1150. The Balaban J connectivity index is 1.58. The van der Waals surface area contributed by atoms with E-state index < -0.39 is 70.3 Å². The number of allylic oxidation sites excluding steroid dienone is 4. The Labute approximate surface area is 215 Å². The monoisotopic (exact) mass is 519 g/mol. The van der Waals surface area contributed by atoms with Crippen molar-refractivity contribution in [3.8, 4) is 0 Å². The minimum absolute atomic E-state index is 0.0552. The molecule has 4 aliphatic rings. The predicted molar refractivity (Wildman–Crippen MR) is 129 cm³/mol. The molecule has 202 valence electrons. The Morgan fingerprint density at radius 1 is 1.30 bits per heavy atom. The summed E-state index contributed by atoms with van der Waals surface area (Å²) in [6.07, 6.45) is 2.20. The van der Waals surface area contributed by atoms with Gasteiger partial charge in [0.15, 0.2) is 22.8 Å². The summed E-state index contributed by atoms with van der Waals surface area (Å²) in [7, 11) is 1.65. The van der Waals surface area contributed by atoms with Crippen molar-refractivity contribution >= 4 is 11.6 Å². The molecule has 1 aromatic heterocycles. The number of alkyl halides is 2. The van der Waals surface area contributed by atoms with Gasteiger partial charge in [0, 0.05) is 23.8 Å². The van der Waals surface area contributed by atoms with E-state index >= 15 is 8.78 Å². The van der Waals surface area contributed by atoms with Crippen molar-refractivity contribution in [2.45, 2.75) is 70.1 Å². The molecule has 0 saturated heterocycles. The van der Waals surface area contributed by atoms with Crippen LogP contribution in [0.15, 0.2) is 46.6 Å². The van der Waals surface area contributed by atoms with Crippen LogP contribution in [0.25, 0.3) is 0 Å². The third kappa shape index (κ3) is 3.36. The summed E-state index contributed by atoms with van der Waals surface area (Å²) in [5.41, 5.74) is -6.37. The molecule has 5 rings (SSSR count). The van der Waals surface area contributed by atoms with Crippen molar-refractivity contribution in [3.63, 3.8) is 0 Å². The number of hydroxylamine groups is 2. The Hall–Kier alpha value is -2.20. The van der Waals surface area contributed by atoms with Crippen molar-refractivity contribution < 1.29 is 37.8 Å². The van der Waals surface area contributed by atoms with Crippen LogP contribution < -0.4 is 0 Å². The minimum atomic E-state index is -2.25. The van der Waals surface area contributed by atoms with E-state index in [2.05, 4.69) is 0 Å². The van der Waals surface area contributed by atoms with Crippen LogP contribution >= 0.6 is 0 Å². The second-order valence-corrected chi connectivity index (χ2v) is 11.8. The zero-order chi connectivity index (χ0) is 27.0. The maximum absolute atomic E-state index is 17.4. The molecule has 7 nitrogen and oxygen atoms in total. The number of aliphatic hydroxyl groups is 2. The Morgan fingerprint density at radius 2 is 2.03 bits per heavy atom. The van der Waals surface area contributed by atoms with Gasteiger partial charge >= 0.3 is 0 Å². The number of fused-ring (bicyclic) bond motifs is 5. The molecule has 1 aromatic rings. The maximum Gasteiger partial charge on any atom is 0.192 e. The lowest BCUT2D eigenvalue weighted by atomic mass is 9.44. The molecule has 0 radical (unpaired) electrons. The second-order valence-electron chi connectivity index (χ2n) is 11.8. The van der Waals surface area contributed by atoms with E-state index in [-0.39, 0.29) is 25.0 Å². The molecule has 0 amide bonds. The smallest absolute Gasteiger partial charge is 0.192 e. The van der Waals surface area contributed by atoms with Gasteiger partial charge in [0.2, 0.25) is 0 Å². The number of hydrogen-bond acceptors (Lipinski definition) is 7. The highest BCUT2D eigenvalue weighted by Crippen LogP contribution is 2.71. The number of hydrogen-bond donors (Lipinski definition) is 2. The molecule has 9 heteroatoms. The molecule has 0 bridgehead atoms. The molecule has 1 unspecified atom stereocenters. The molecule has 0 spiro atoms. The SMILES string of the molecule is C[C@@H]1CC2[C@@H]3C[C@H](F)C4=CC(=O)C=C[C@]4(C)[C@@]3(F)[C@@H](O)C[C@]2(C)[C@@]1(ON(C)Cc1ccco1)C(=O)CO. The zero-order valence-electron chi connectivity index (χ0n) is 21.6. The number of carbonyl (C=O) groups excluding carboxylic acids is 2. The summed E-state index contributed by atoms with van der Waals surface area (Å²) in [4.78, 5) is 32.0. The lowest BCUT2D eigenvalue weighted by Gasteiger charge is -2.63. The molecule has 0 aromatic carbocycles. The highest BCUT2D eigenvalue weighted by Gasteiger charge is 2.77. The van der Waals surface area contributed by atoms with E-state index in [0.29, 0.717) is 12.2 Å². The summed E-state index contributed by atoms with van der Waals surface area (Å²) in [6, 6.07) is 3.50. The average Bonchev–Trinajstić information content (AvgIpc) is 3.42. The van der Waals surface area contributed by atoms with Crippen LogP contribution in [0.3, 0.4) is 0 Å². The van der Waals surface area contributed by atoms with Gasteiger partial charge in [0.25, 0.3) is 0 Å². The molecular weight excluding hydrogens is 484 g/mol. The predicted octanol–water partition coefficient (Wildman–Crippen LogP) is 3.51. The van der Waals surface area contributed by atoms with Crippen molar-refractivity contribution in [1.29, 1.82) is 0 Å². The molecule has 1 heterocycles. The summed E-state index contributed by atoms with van der Waals surface area (Å²) < 4.78 is 38.5. The van der Waals surface area contributed by atoms with Gasteiger partial charge in [-0.3, -0.25) is 14.4 Å². The average molecular weight is 520 g/mol. The van der Waals surface area contributed by atoms with E-state index in [1.54, 1.807) is 33.0 Å². The number of rotatable bonds is 6. The first kappa shape index (κ1) is 26.4. The lowest BCUT2D eigenvalue weighted by molar-refractivity contribution is -0.296. The summed E-state index contributed by atoms with van der Waals surface area (Å²) in [5, 5.41) is 23.1. The highest BCUT2D eigenvalue weighted by atomic mass is 19.1. The topological polar surface area (TPSA) is 100 Å². The Morgan fingerprint density at radius 3 is 2.68 bits per heavy atom. The van der Waals surface area contributed by atoms with Gasteiger partial charge in [-0.2, -0.15) is 5.06 Å². The second kappa shape index (κ2) is 8.66.